The molecule has 0 rings (SSSR count). The normalized spacial score (nSPS) is 12.2. The van der Waals surface area contributed by atoms with Crippen LogP contribution in [0.2, 0.25) is 0 Å². The Kier molecular flexibility index (Phi) is 67.1. The summed E-state index contributed by atoms with van der Waals surface area (Å²) >= 11 is 0. The summed E-state index contributed by atoms with van der Waals surface area (Å²) in [5.41, 5.74) is 0. The molecule has 470 valence electrons. The summed E-state index contributed by atoms with van der Waals surface area (Å²) in [4.78, 5) is 38.5. The van der Waals surface area contributed by atoms with Crippen molar-refractivity contribution >= 4 is 17.9 Å². The molecule has 1 atom stereocenters. The van der Waals surface area contributed by atoms with E-state index in [0.29, 0.717) is 19.3 Å². The molecule has 0 radical (unpaired) electrons. The third-order valence-corrected chi connectivity index (χ3v) is 16.4. The molecule has 0 amide bonds. The molecule has 0 aromatic rings. The highest BCUT2D eigenvalue weighted by Gasteiger charge is 2.19. The summed E-state index contributed by atoms with van der Waals surface area (Å²) < 4.78 is 17.0. The van der Waals surface area contributed by atoms with E-state index in [1.165, 1.54) is 283 Å². The summed E-state index contributed by atoms with van der Waals surface area (Å²) in [6.45, 7) is 6.71. The van der Waals surface area contributed by atoms with Gasteiger partial charge in [0.15, 0.2) is 6.10 Å². The Morgan fingerprint density at radius 3 is 0.700 bits per heavy atom. The zero-order valence-corrected chi connectivity index (χ0v) is 54.1. The van der Waals surface area contributed by atoms with Crippen molar-refractivity contribution in [2.45, 2.75) is 406 Å². The fourth-order valence-corrected chi connectivity index (χ4v) is 11.0. The highest BCUT2D eigenvalue weighted by molar-refractivity contribution is 5.71. The van der Waals surface area contributed by atoms with Crippen molar-refractivity contribution in [1.82, 2.24) is 0 Å². The maximum Gasteiger partial charge on any atom is 0.306 e. The van der Waals surface area contributed by atoms with Gasteiger partial charge in [0.05, 0.1) is 0 Å². The lowest BCUT2D eigenvalue weighted by molar-refractivity contribution is -0.167. The Balaban J connectivity index is 4.30. The van der Waals surface area contributed by atoms with Gasteiger partial charge in [-0.15, -0.1) is 0 Å². The molecule has 1 unspecified atom stereocenters. The van der Waals surface area contributed by atoms with Crippen LogP contribution in [0.1, 0.15) is 400 Å². The second-order valence-electron chi connectivity index (χ2n) is 24.5. The third-order valence-electron chi connectivity index (χ3n) is 16.4. The van der Waals surface area contributed by atoms with Crippen molar-refractivity contribution < 1.29 is 28.6 Å². The van der Waals surface area contributed by atoms with Crippen LogP contribution in [0.15, 0.2) is 36.5 Å². The zero-order chi connectivity index (χ0) is 57.8. The van der Waals surface area contributed by atoms with Crippen molar-refractivity contribution in [2.24, 2.45) is 0 Å². The van der Waals surface area contributed by atoms with Crippen LogP contribution in [-0.4, -0.2) is 37.2 Å². The Morgan fingerprint density at radius 2 is 0.450 bits per heavy atom. The van der Waals surface area contributed by atoms with E-state index in [9.17, 15) is 14.4 Å². The van der Waals surface area contributed by atoms with Crippen molar-refractivity contribution in [3.63, 3.8) is 0 Å². The van der Waals surface area contributed by atoms with Gasteiger partial charge in [0.1, 0.15) is 13.2 Å². The second-order valence-corrected chi connectivity index (χ2v) is 24.5. The second kappa shape index (κ2) is 69.1. The van der Waals surface area contributed by atoms with Crippen LogP contribution >= 0.6 is 0 Å². The average Bonchev–Trinajstić information content (AvgIpc) is 3.46. The smallest absolute Gasteiger partial charge is 0.306 e. The van der Waals surface area contributed by atoms with E-state index >= 15 is 0 Å². The number of allylic oxidation sites excluding steroid dienone is 6. The molecule has 0 saturated heterocycles. The van der Waals surface area contributed by atoms with Gasteiger partial charge < -0.3 is 14.2 Å². The van der Waals surface area contributed by atoms with E-state index in [1.54, 1.807) is 0 Å². The van der Waals surface area contributed by atoms with E-state index in [4.69, 9.17) is 14.2 Å². The molecule has 0 aromatic heterocycles. The topological polar surface area (TPSA) is 78.9 Å². The molecule has 0 bridgehead atoms. The number of hydrogen-bond acceptors (Lipinski definition) is 6. The number of carbonyl (C=O) groups is 3. The van der Waals surface area contributed by atoms with Gasteiger partial charge >= 0.3 is 17.9 Å². The highest BCUT2D eigenvalue weighted by Crippen LogP contribution is 2.19. The Hall–Kier alpha value is -2.37. The van der Waals surface area contributed by atoms with Crippen LogP contribution in [0.4, 0.5) is 0 Å². The molecular formula is C74H138O6. The molecule has 0 heterocycles. The van der Waals surface area contributed by atoms with Gasteiger partial charge in [0.25, 0.3) is 0 Å². The molecule has 0 aromatic carbocycles. The number of unbranched alkanes of at least 4 members (excludes halogenated alkanes) is 50. The van der Waals surface area contributed by atoms with Crippen LogP contribution in [0.3, 0.4) is 0 Å². The lowest BCUT2D eigenvalue weighted by Crippen LogP contribution is -2.30. The first-order chi connectivity index (χ1) is 39.5. The van der Waals surface area contributed by atoms with E-state index in [-0.39, 0.29) is 31.1 Å². The molecule has 0 spiro atoms. The standard InChI is InChI=1S/C74H138O6/c1-4-7-10-13-16-19-22-25-28-31-33-35-37-39-41-43-46-49-52-55-58-61-64-67-73(76)79-70-71(69-78-72(75)66-63-60-57-54-51-48-45-30-27-24-21-18-15-12-9-6-3)80-74(77)68-65-62-59-56-53-50-47-44-42-40-38-36-34-32-29-26-23-20-17-14-11-8-5-2/h22,25,31,33,37,39,71H,4-21,23-24,26-30,32,34-36,38,40-70H2,1-3H3/b25-22-,33-31-,39-37-. The van der Waals surface area contributed by atoms with E-state index in [1.807, 2.05) is 0 Å². The van der Waals surface area contributed by atoms with Crippen LogP contribution in [0.25, 0.3) is 0 Å². The Bertz CT molecular complexity index is 1340. The average molecular weight is 1120 g/mol. The monoisotopic (exact) mass is 1120 g/mol. The maximum atomic E-state index is 13.0. The number of carbonyl (C=O) groups excluding carboxylic acids is 3. The zero-order valence-electron chi connectivity index (χ0n) is 54.1. The fraction of sp³-hybridized carbons (Fsp3) is 0.878. The summed E-state index contributed by atoms with van der Waals surface area (Å²) in [5, 5.41) is 0. The van der Waals surface area contributed by atoms with Gasteiger partial charge in [-0.25, -0.2) is 0 Å². The molecule has 6 heteroatoms. The molecular weight excluding hydrogens is 985 g/mol. The first kappa shape index (κ1) is 77.6. The van der Waals surface area contributed by atoms with Gasteiger partial charge in [-0.05, 0) is 57.8 Å². The Labute approximate surface area is 499 Å². The van der Waals surface area contributed by atoms with Crippen molar-refractivity contribution in [3.05, 3.63) is 36.5 Å². The summed E-state index contributed by atoms with van der Waals surface area (Å²) in [5.74, 6) is -0.843. The SMILES string of the molecule is CCCCCCC/C=C\C/C=C\C/C=C\CCCCCCCCCCC(=O)OCC(COC(=O)CCCCCCCCCCCCCCCCCC)OC(=O)CCCCCCCCCCCCCCCCCCCCCCCCC. The summed E-state index contributed by atoms with van der Waals surface area (Å²) in [7, 11) is 0. The number of hydrogen-bond donors (Lipinski definition) is 0. The number of rotatable bonds is 67. The first-order valence-electron chi connectivity index (χ1n) is 36.0. The van der Waals surface area contributed by atoms with Gasteiger partial charge in [0, 0.05) is 19.3 Å². The largest absolute Gasteiger partial charge is 0.462 e. The molecule has 0 saturated carbocycles. The van der Waals surface area contributed by atoms with E-state index < -0.39 is 6.10 Å². The molecule has 0 N–H and O–H groups in total. The lowest BCUT2D eigenvalue weighted by Gasteiger charge is -2.18. The minimum atomic E-state index is -0.773. The fourth-order valence-electron chi connectivity index (χ4n) is 11.0. The minimum absolute atomic E-state index is 0.0683. The number of ether oxygens (including phenoxy) is 3. The van der Waals surface area contributed by atoms with Crippen LogP contribution < -0.4 is 0 Å². The predicted octanol–water partition coefficient (Wildman–Crippen LogP) is 24.7. The Morgan fingerprint density at radius 1 is 0.250 bits per heavy atom. The van der Waals surface area contributed by atoms with Crippen LogP contribution in [0.5, 0.6) is 0 Å². The highest BCUT2D eigenvalue weighted by atomic mass is 16.6. The van der Waals surface area contributed by atoms with E-state index in [2.05, 4.69) is 57.2 Å². The molecule has 0 aliphatic heterocycles. The predicted molar refractivity (Wildman–Crippen MR) is 349 cm³/mol. The quantitative estimate of drug-likeness (QED) is 0.0261. The van der Waals surface area contributed by atoms with Gasteiger partial charge in [-0.2, -0.15) is 0 Å². The first-order valence-corrected chi connectivity index (χ1v) is 36.0. The molecule has 0 aliphatic carbocycles. The van der Waals surface area contributed by atoms with Crippen LogP contribution in [-0.2, 0) is 28.6 Å². The van der Waals surface area contributed by atoms with Crippen molar-refractivity contribution in [1.29, 1.82) is 0 Å². The molecule has 6 nitrogen and oxygen atoms in total. The third kappa shape index (κ3) is 66.4. The van der Waals surface area contributed by atoms with E-state index in [0.717, 1.165) is 77.0 Å². The number of esters is 3. The van der Waals surface area contributed by atoms with Gasteiger partial charge in [-0.3, -0.25) is 14.4 Å². The van der Waals surface area contributed by atoms with Gasteiger partial charge in [-0.1, -0.05) is 359 Å². The summed E-state index contributed by atoms with van der Waals surface area (Å²) in [6.07, 6.45) is 86.0. The van der Waals surface area contributed by atoms with Crippen molar-refractivity contribution in [3.8, 4) is 0 Å². The molecule has 0 fully saturated rings. The van der Waals surface area contributed by atoms with Crippen LogP contribution in [0, 0.1) is 0 Å². The molecule has 0 aliphatic rings. The molecule has 80 heavy (non-hydrogen) atoms. The van der Waals surface area contributed by atoms with Gasteiger partial charge in [0.2, 0.25) is 0 Å². The lowest BCUT2D eigenvalue weighted by atomic mass is 10.0. The van der Waals surface area contributed by atoms with Crippen molar-refractivity contribution in [2.75, 3.05) is 13.2 Å². The maximum absolute atomic E-state index is 13.0. The summed E-state index contributed by atoms with van der Waals surface area (Å²) in [6, 6.07) is 0. The minimum Gasteiger partial charge on any atom is -0.462 e.